The molecule has 148 valence electrons. The Bertz CT molecular complexity index is 965. The van der Waals surface area contributed by atoms with Gasteiger partial charge in [-0.1, -0.05) is 48.5 Å². The molecule has 0 saturated carbocycles. The fraction of sp³-hybridized carbons (Fsp3) is 0.250. The van der Waals surface area contributed by atoms with Crippen molar-refractivity contribution in [1.82, 2.24) is 14.8 Å². The number of carbonyl (C=O) groups is 1. The molecule has 0 radical (unpaired) electrons. The highest BCUT2D eigenvalue weighted by atomic mass is 16.2. The maximum absolute atomic E-state index is 13.0. The molecule has 3 aromatic rings. The summed E-state index contributed by atoms with van der Waals surface area (Å²) in [6, 6.07) is 22.2. The number of carbonyl (C=O) groups excluding carboxylic acids is 1. The van der Waals surface area contributed by atoms with E-state index in [0.717, 1.165) is 44.0 Å². The second-order valence-corrected chi connectivity index (χ2v) is 7.42. The van der Waals surface area contributed by atoms with E-state index >= 15 is 0 Å². The van der Waals surface area contributed by atoms with Crippen molar-refractivity contribution in [3.8, 4) is 0 Å². The molecule has 2 aromatic carbocycles. The molecule has 1 aliphatic rings. The van der Waals surface area contributed by atoms with Crippen molar-refractivity contribution >= 4 is 17.4 Å². The van der Waals surface area contributed by atoms with Gasteiger partial charge < -0.3 is 10.2 Å². The standard InChI is InChI=1S/C24H26N4O/c1-19-7-5-6-10-22(19)26-23-17-21(11-12-25-23)24(29)28-15-13-27(14-16-28)18-20-8-3-2-4-9-20/h2-12,17H,13-16,18H2,1H3,(H,25,26). The highest BCUT2D eigenvalue weighted by molar-refractivity contribution is 5.95. The van der Waals surface area contributed by atoms with Gasteiger partial charge in [-0.25, -0.2) is 4.98 Å². The second kappa shape index (κ2) is 8.88. The summed E-state index contributed by atoms with van der Waals surface area (Å²) in [4.78, 5) is 21.7. The number of nitrogens with one attached hydrogen (secondary N) is 1. The quantitative estimate of drug-likeness (QED) is 0.717. The van der Waals surface area contributed by atoms with E-state index in [-0.39, 0.29) is 5.91 Å². The van der Waals surface area contributed by atoms with E-state index in [0.29, 0.717) is 11.4 Å². The minimum Gasteiger partial charge on any atom is -0.340 e. The first-order chi connectivity index (χ1) is 14.2. The highest BCUT2D eigenvalue weighted by Crippen LogP contribution is 2.20. The molecule has 5 heteroatoms. The number of rotatable bonds is 5. The number of hydrogen-bond donors (Lipinski definition) is 1. The summed E-state index contributed by atoms with van der Waals surface area (Å²) in [6.45, 7) is 6.25. The Kier molecular flexibility index (Phi) is 5.86. The molecule has 1 amide bonds. The van der Waals surface area contributed by atoms with E-state index in [9.17, 15) is 4.79 Å². The lowest BCUT2D eigenvalue weighted by Gasteiger charge is -2.34. The van der Waals surface area contributed by atoms with Gasteiger partial charge in [0.05, 0.1) is 0 Å². The average molecular weight is 386 g/mol. The molecule has 1 fully saturated rings. The van der Waals surface area contributed by atoms with Crippen molar-refractivity contribution in [2.24, 2.45) is 0 Å². The molecule has 0 unspecified atom stereocenters. The number of piperazine rings is 1. The molecule has 1 aliphatic heterocycles. The van der Waals surface area contributed by atoms with Gasteiger partial charge in [-0.05, 0) is 36.2 Å². The van der Waals surface area contributed by atoms with E-state index in [2.05, 4.69) is 39.5 Å². The first-order valence-corrected chi connectivity index (χ1v) is 10.0. The molecule has 1 aromatic heterocycles. The fourth-order valence-corrected chi connectivity index (χ4v) is 3.62. The van der Waals surface area contributed by atoms with Gasteiger partial charge in [0.25, 0.3) is 5.91 Å². The zero-order valence-electron chi connectivity index (χ0n) is 16.7. The molecule has 0 atom stereocenters. The van der Waals surface area contributed by atoms with E-state index < -0.39 is 0 Å². The van der Waals surface area contributed by atoms with E-state index in [1.807, 2.05) is 48.2 Å². The number of aryl methyl sites for hydroxylation is 1. The van der Waals surface area contributed by atoms with Crippen LogP contribution in [0.2, 0.25) is 0 Å². The van der Waals surface area contributed by atoms with Crippen LogP contribution in [-0.4, -0.2) is 46.9 Å². The van der Waals surface area contributed by atoms with Crippen LogP contribution in [0.3, 0.4) is 0 Å². The Balaban J connectivity index is 1.37. The molecule has 1 saturated heterocycles. The Hall–Kier alpha value is -3.18. The second-order valence-electron chi connectivity index (χ2n) is 7.42. The van der Waals surface area contributed by atoms with Gasteiger partial charge in [0.15, 0.2) is 0 Å². The third-order valence-corrected chi connectivity index (χ3v) is 5.32. The van der Waals surface area contributed by atoms with Gasteiger partial charge in [0.1, 0.15) is 5.82 Å². The third-order valence-electron chi connectivity index (χ3n) is 5.32. The van der Waals surface area contributed by atoms with Crippen LogP contribution < -0.4 is 5.32 Å². The van der Waals surface area contributed by atoms with Crippen LogP contribution in [0.15, 0.2) is 72.9 Å². The number of pyridine rings is 1. The molecule has 0 bridgehead atoms. The van der Waals surface area contributed by atoms with Gasteiger partial charge in [0, 0.05) is 50.2 Å². The normalized spacial score (nSPS) is 14.6. The number of nitrogens with zero attached hydrogens (tertiary/aromatic N) is 3. The van der Waals surface area contributed by atoms with Crippen LogP contribution in [0, 0.1) is 6.92 Å². The monoisotopic (exact) mass is 386 g/mol. The lowest BCUT2D eigenvalue weighted by Crippen LogP contribution is -2.48. The van der Waals surface area contributed by atoms with Gasteiger partial charge in [0.2, 0.25) is 0 Å². The SMILES string of the molecule is Cc1ccccc1Nc1cc(C(=O)N2CCN(Cc3ccccc3)CC2)ccn1. The van der Waals surface area contributed by atoms with Gasteiger partial charge in [-0.3, -0.25) is 9.69 Å². The molecule has 2 heterocycles. The van der Waals surface area contributed by atoms with Crippen molar-refractivity contribution in [2.45, 2.75) is 13.5 Å². The molecule has 4 rings (SSSR count). The van der Waals surface area contributed by atoms with Crippen LogP contribution in [0.5, 0.6) is 0 Å². The van der Waals surface area contributed by atoms with E-state index in [4.69, 9.17) is 0 Å². The lowest BCUT2D eigenvalue weighted by atomic mass is 10.1. The smallest absolute Gasteiger partial charge is 0.254 e. The van der Waals surface area contributed by atoms with Gasteiger partial charge >= 0.3 is 0 Å². The van der Waals surface area contributed by atoms with Gasteiger partial charge in [-0.2, -0.15) is 0 Å². The molecule has 0 spiro atoms. The largest absolute Gasteiger partial charge is 0.340 e. The number of benzene rings is 2. The molecule has 5 nitrogen and oxygen atoms in total. The van der Waals surface area contributed by atoms with Gasteiger partial charge in [-0.15, -0.1) is 0 Å². The van der Waals surface area contributed by atoms with Crippen LogP contribution in [0.25, 0.3) is 0 Å². The van der Waals surface area contributed by atoms with E-state index in [1.165, 1.54) is 5.56 Å². The summed E-state index contributed by atoms with van der Waals surface area (Å²) in [5.74, 6) is 0.757. The zero-order valence-corrected chi connectivity index (χ0v) is 16.7. The summed E-state index contributed by atoms with van der Waals surface area (Å²) in [5, 5.41) is 3.31. The first kappa shape index (κ1) is 19.2. The number of anilines is 2. The van der Waals surface area contributed by atoms with Crippen LogP contribution >= 0.6 is 0 Å². The molecule has 0 aliphatic carbocycles. The topological polar surface area (TPSA) is 48.5 Å². The number of para-hydroxylation sites is 1. The predicted molar refractivity (Wildman–Crippen MR) is 116 cm³/mol. The van der Waals surface area contributed by atoms with Crippen molar-refractivity contribution in [1.29, 1.82) is 0 Å². The highest BCUT2D eigenvalue weighted by Gasteiger charge is 2.22. The molecular weight excluding hydrogens is 360 g/mol. The van der Waals surface area contributed by atoms with Crippen molar-refractivity contribution in [2.75, 3.05) is 31.5 Å². The Morgan fingerprint density at radius 3 is 2.45 bits per heavy atom. The molecule has 29 heavy (non-hydrogen) atoms. The fourth-order valence-electron chi connectivity index (χ4n) is 3.62. The third kappa shape index (κ3) is 4.81. The minimum absolute atomic E-state index is 0.0691. The molecule has 1 N–H and O–H groups in total. The van der Waals surface area contributed by atoms with E-state index in [1.54, 1.807) is 12.3 Å². The first-order valence-electron chi connectivity index (χ1n) is 10.0. The maximum atomic E-state index is 13.0. The lowest BCUT2D eigenvalue weighted by molar-refractivity contribution is 0.0628. The van der Waals surface area contributed by atoms with Crippen LogP contribution in [0.4, 0.5) is 11.5 Å². The average Bonchev–Trinajstić information content (AvgIpc) is 2.76. The van der Waals surface area contributed by atoms with Crippen LogP contribution in [0.1, 0.15) is 21.5 Å². The minimum atomic E-state index is 0.0691. The summed E-state index contributed by atoms with van der Waals surface area (Å²) in [7, 11) is 0. The Labute approximate surface area is 172 Å². The summed E-state index contributed by atoms with van der Waals surface area (Å²) >= 11 is 0. The summed E-state index contributed by atoms with van der Waals surface area (Å²) in [5.41, 5.74) is 4.13. The predicted octanol–water partition coefficient (Wildman–Crippen LogP) is 4.09. The molecular formula is C24H26N4O. The number of hydrogen-bond acceptors (Lipinski definition) is 4. The number of aromatic nitrogens is 1. The van der Waals surface area contributed by atoms with Crippen molar-refractivity contribution in [3.63, 3.8) is 0 Å². The zero-order chi connectivity index (χ0) is 20.1. The summed E-state index contributed by atoms with van der Waals surface area (Å²) < 4.78 is 0. The summed E-state index contributed by atoms with van der Waals surface area (Å²) in [6.07, 6.45) is 1.69. The van der Waals surface area contributed by atoms with Crippen LogP contribution in [-0.2, 0) is 6.54 Å². The number of amides is 1. The van der Waals surface area contributed by atoms with Crippen molar-refractivity contribution < 1.29 is 4.79 Å². The Morgan fingerprint density at radius 1 is 0.966 bits per heavy atom. The van der Waals surface area contributed by atoms with Crippen molar-refractivity contribution in [3.05, 3.63) is 89.6 Å². The maximum Gasteiger partial charge on any atom is 0.254 e. The Morgan fingerprint density at radius 2 is 1.69 bits per heavy atom.